The van der Waals surface area contributed by atoms with E-state index in [1.54, 1.807) is 0 Å². The molecule has 2 aromatic carbocycles. The number of aryl methyl sites for hydroxylation is 1. The van der Waals surface area contributed by atoms with Crippen molar-refractivity contribution in [3.63, 3.8) is 0 Å². The van der Waals surface area contributed by atoms with E-state index in [2.05, 4.69) is 66.1 Å². The van der Waals surface area contributed by atoms with Gasteiger partial charge >= 0.3 is 59.1 Å². The van der Waals surface area contributed by atoms with Gasteiger partial charge < -0.3 is 4.57 Å². The first-order valence-corrected chi connectivity index (χ1v) is 13.9. The number of fused-ring (bicyclic) bond motifs is 1. The molecule has 0 aliphatic rings. The number of unbranched alkanes of at least 4 members (excludes halogenated alkanes) is 14. The van der Waals surface area contributed by atoms with Gasteiger partial charge in [-0.15, -0.1) is 0 Å². The van der Waals surface area contributed by atoms with Crippen molar-refractivity contribution in [2.75, 3.05) is 0 Å². The molecule has 0 aliphatic carbocycles. The zero-order valence-electron chi connectivity index (χ0n) is 21.1. The maximum atomic E-state index is 4.98. The van der Waals surface area contributed by atoms with Gasteiger partial charge in [0.15, 0.2) is 0 Å². The van der Waals surface area contributed by atoms with Gasteiger partial charge in [0.2, 0.25) is 0 Å². The molecule has 0 spiro atoms. The standard InChI is InChI=1S/C31H46N2.2Na.2H/c1-2-3-4-5-6-7-8-9-10-11-12-13-14-15-19-26-31-32-29-24-20-21-25-30(29)33(31)27-28-22-17-16-18-23-28;;;;/h16-18,20-25H,2-15,19,26-27H2,1H3;;;;. The minimum atomic E-state index is 0. The van der Waals surface area contributed by atoms with Crippen molar-refractivity contribution in [1.82, 2.24) is 9.55 Å². The number of hydrogen-bond donors (Lipinski definition) is 0. The van der Waals surface area contributed by atoms with E-state index in [4.69, 9.17) is 4.98 Å². The summed E-state index contributed by atoms with van der Waals surface area (Å²) < 4.78 is 2.43. The molecule has 0 radical (unpaired) electrons. The molecule has 1 aromatic heterocycles. The minimum absolute atomic E-state index is 0. The second-order valence-electron chi connectivity index (χ2n) is 9.79. The van der Waals surface area contributed by atoms with Crippen LogP contribution in [-0.4, -0.2) is 68.7 Å². The van der Waals surface area contributed by atoms with E-state index >= 15 is 0 Å². The fourth-order valence-corrected chi connectivity index (χ4v) is 4.91. The maximum absolute atomic E-state index is 4.98. The number of aromatic nitrogens is 2. The molecule has 184 valence electrons. The van der Waals surface area contributed by atoms with Crippen molar-refractivity contribution in [2.45, 2.75) is 116 Å². The molecule has 3 aromatic rings. The fourth-order valence-electron chi connectivity index (χ4n) is 4.91. The number of para-hydroxylation sites is 2. The first kappa shape index (κ1) is 32.9. The summed E-state index contributed by atoms with van der Waals surface area (Å²) >= 11 is 0. The molecule has 0 atom stereocenters. The summed E-state index contributed by atoms with van der Waals surface area (Å²) in [6.07, 6.45) is 22.2. The van der Waals surface area contributed by atoms with Crippen molar-refractivity contribution >= 4 is 70.1 Å². The van der Waals surface area contributed by atoms with E-state index in [1.165, 1.54) is 113 Å². The van der Waals surface area contributed by atoms with E-state index in [0.29, 0.717) is 0 Å². The van der Waals surface area contributed by atoms with E-state index in [9.17, 15) is 0 Å². The quantitative estimate of drug-likeness (QED) is 0.129. The predicted molar refractivity (Wildman–Crippen MR) is 158 cm³/mol. The SMILES string of the molecule is CCCCCCCCCCCCCCCCCc1nc2ccccc2n1Cc1ccccc1.[NaH].[NaH]. The van der Waals surface area contributed by atoms with E-state index < -0.39 is 0 Å². The van der Waals surface area contributed by atoms with Gasteiger partial charge in [0.25, 0.3) is 0 Å². The summed E-state index contributed by atoms with van der Waals surface area (Å²) in [4.78, 5) is 4.98. The van der Waals surface area contributed by atoms with Crippen LogP contribution in [0.1, 0.15) is 115 Å². The summed E-state index contributed by atoms with van der Waals surface area (Å²) in [6.45, 7) is 3.21. The Morgan fingerprint density at radius 3 is 1.63 bits per heavy atom. The Labute approximate surface area is 259 Å². The van der Waals surface area contributed by atoms with Gasteiger partial charge in [-0.05, 0) is 24.1 Å². The van der Waals surface area contributed by atoms with E-state index in [0.717, 1.165) is 18.5 Å². The Morgan fingerprint density at radius 1 is 0.571 bits per heavy atom. The molecule has 0 N–H and O–H groups in total. The van der Waals surface area contributed by atoms with Crippen LogP contribution in [0.2, 0.25) is 0 Å². The fraction of sp³-hybridized carbons (Fsp3) is 0.581. The van der Waals surface area contributed by atoms with Crippen LogP contribution in [-0.2, 0) is 13.0 Å². The molecule has 35 heavy (non-hydrogen) atoms. The second-order valence-corrected chi connectivity index (χ2v) is 9.79. The average Bonchev–Trinajstić information content (AvgIpc) is 3.19. The van der Waals surface area contributed by atoms with Crippen molar-refractivity contribution in [3.05, 3.63) is 66.0 Å². The Hall–Kier alpha value is -0.0900. The topological polar surface area (TPSA) is 17.8 Å². The predicted octanol–water partition coefficient (Wildman–Crippen LogP) is 8.20. The Kier molecular flexibility index (Phi) is 19.7. The van der Waals surface area contributed by atoms with Crippen LogP contribution in [0.25, 0.3) is 11.0 Å². The number of hydrogen-bond acceptors (Lipinski definition) is 1. The Balaban J connectivity index is 0.00000306. The third-order valence-electron chi connectivity index (χ3n) is 6.92. The van der Waals surface area contributed by atoms with Crippen LogP contribution in [0.15, 0.2) is 54.6 Å². The van der Waals surface area contributed by atoms with Gasteiger partial charge in [-0.2, -0.15) is 0 Å². The molecule has 0 fully saturated rings. The molecule has 3 rings (SSSR count). The van der Waals surface area contributed by atoms with Crippen LogP contribution in [0.4, 0.5) is 0 Å². The van der Waals surface area contributed by atoms with E-state index in [1.807, 2.05) is 0 Å². The van der Waals surface area contributed by atoms with Gasteiger partial charge in [0, 0.05) is 13.0 Å². The molecule has 0 saturated heterocycles. The third kappa shape index (κ3) is 12.8. The zero-order valence-corrected chi connectivity index (χ0v) is 21.1. The number of rotatable bonds is 18. The zero-order chi connectivity index (χ0) is 23.0. The van der Waals surface area contributed by atoms with Crippen LogP contribution >= 0.6 is 0 Å². The Morgan fingerprint density at radius 2 is 1.06 bits per heavy atom. The van der Waals surface area contributed by atoms with Crippen LogP contribution in [0.3, 0.4) is 0 Å². The van der Waals surface area contributed by atoms with Crippen LogP contribution in [0, 0.1) is 0 Å². The van der Waals surface area contributed by atoms with Crippen molar-refractivity contribution in [1.29, 1.82) is 0 Å². The first-order valence-electron chi connectivity index (χ1n) is 13.9. The summed E-state index contributed by atoms with van der Waals surface area (Å²) in [6, 6.07) is 19.4. The molecule has 0 amide bonds. The molecular weight excluding hydrogens is 446 g/mol. The average molecular weight is 495 g/mol. The Bertz CT molecular complexity index is 891. The molecule has 0 aliphatic heterocycles. The van der Waals surface area contributed by atoms with Crippen LogP contribution < -0.4 is 0 Å². The molecule has 1 heterocycles. The van der Waals surface area contributed by atoms with Crippen LogP contribution in [0.5, 0.6) is 0 Å². The summed E-state index contributed by atoms with van der Waals surface area (Å²) in [7, 11) is 0. The van der Waals surface area contributed by atoms with Gasteiger partial charge in [-0.1, -0.05) is 139 Å². The first-order chi connectivity index (χ1) is 16.4. The summed E-state index contributed by atoms with van der Waals surface area (Å²) in [5.41, 5.74) is 3.74. The van der Waals surface area contributed by atoms with Crippen molar-refractivity contribution in [2.24, 2.45) is 0 Å². The molecule has 0 saturated carbocycles. The summed E-state index contributed by atoms with van der Waals surface area (Å²) in [5, 5.41) is 0. The van der Waals surface area contributed by atoms with Gasteiger partial charge in [0.1, 0.15) is 5.82 Å². The van der Waals surface area contributed by atoms with Crippen molar-refractivity contribution < 1.29 is 0 Å². The summed E-state index contributed by atoms with van der Waals surface area (Å²) in [5.74, 6) is 1.25. The molecule has 2 nitrogen and oxygen atoms in total. The monoisotopic (exact) mass is 494 g/mol. The van der Waals surface area contributed by atoms with E-state index in [-0.39, 0.29) is 59.1 Å². The van der Waals surface area contributed by atoms with Gasteiger partial charge in [-0.25, -0.2) is 4.98 Å². The molecule has 4 heteroatoms. The second kappa shape index (κ2) is 20.9. The van der Waals surface area contributed by atoms with Crippen molar-refractivity contribution in [3.8, 4) is 0 Å². The normalized spacial score (nSPS) is 10.8. The number of nitrogens with zero attached hydrogens (tertiary/aromatic N) is 2. The van der Waals surface area contributed by atoms with Gasteiger partial charge in [-0.3, -0.25) is 0 Å². The third-order valence-corrected chi connectivity index (χ3v) is 6.92. The number of imidazole rings is 1. The van der Waals surface area contributed by atoms with Gasteiger partial charge in [0.05, 0.1) is 11.0 Å². The molecule has 0 unspecified atom stereocenters. The molecular formula is C31H48N2Na2. The number of benzene rings is 2. The molecule has 0 bridgehead atoms.